The van der Waals surface area contributed by atoms with Gasteiger partial charge in [0.2, 0.25) is 0 Å². The van der Waals surface area contributed by atoms with Gasteiger partial charge >= 0.3 is 0 Å². The van der Waals surface area contributed by atoms with Gasteiger partial charge in [-0.15, -0.1) is 0 Å². The van der Waals surface area contributed by atoms with Gasteiger partial charge < -0.3 is 14.6 Å². The number of carbonyl (C=O) groups is 1. The van der Waals surface area contributed by atoms with E-state index in [1.807, 2.05) is 0 Å². The summed E-state index contributed by atoms with van der Waals surface area (Å²) in [7, 11) is -3.83. The molecular formula is C19H18ClN3O5S. The fourth-order valence-electron chi connectivity index (χ4n) is 2.34. The number of halogens is 1. The molecule has 2 aromatic carbocycles. The van der Waals surface area contributed by atoms with E-state index in [1.54, 1.807) is 38.1 Å². The van der Waals surface area contributed by atoms with E-state index in [2.05, 4.69) is 15.2 Å². The zero-order chi connectivity index (χ0) is 21.0. The maximum Gasteiger partial charge on any atom is 0.265 e. The van der Waals surface area contributed by atoms with Crippen molar-refractivity contribution in [3.63, 3.8) is 0 Å². The summed E-state index contributed by atoms with van der Waals surface area (Å²) in [5.41, 5.74) is 0.429. The van der Waals surface area contributed by atoms with Gasteiger partial charge in [0, 0.05) is 16.8 Å². The summed E-state index contributed by atoms with van der Waals surface area (Å²) in [5, 5.41) is 6.84. The fourth-order valence-corrected chi connectivity index (χ4v) is 3.45. The lowest BCUT2D eigenvalue weighted by atomic mass is 10.3. The van der Waals surface area contributed by atoms with Gasteiger partial charge in [-0.05, 0) is 62.4 Å². The van der Waals surface area contributed by atoms with Gasteiger partial charge in [0.05, 0.1) is 4.90 Å². The number of amides is 1. The van der Waals surface area contributed by atoms with Crippen molar-refractivity contribution >= 4 is 39.0 Å². The van der Waals surface area contributed by atoms with Gasteiger partial charge in [0.1, 0.15) is 11.5 Å². The van der Waals surface area contributed by atoms with Crippen molar-refractivity contribution in [2.45, 2.75) is 24.8 Å². The van der Waals surface area contributed by atoms with Crippen LogP contribution in [0.2, 0.25) is 5.02 Å². The highest BCUT2D eigenvalue weighted by Crippen LogP contribution is 2.20. The normalized spacial score (nSPS) is 12.2. The molecule has 1 aromatic heterocycles. The number of anilines is 2. The SMILES string of the molecule is Cc1cc(NS(=O)(=O)c2ccc(NC(=O)[C@H](C)Oc3ccc(Cl)cc3)cc2)no1. The molecule has 0 saturated carbocycles. The van der Waals surface area contributed by atoms with Crippen LogP contribution in [0.5, 0.6) is 5.75 Å². The minimum absolute atomic E-state index is 0.0154. The highest BCUT2D eigenvalue weighted by Gasteiger charge is 2.18. The van der Waals surface area contributed by atoms with Gasteiger partial charge in [-0.2, -0.15) is 0 Å². The maximum atomic E-state index is 12.4. The molecule has 2 N–H and O–H groups in total. The molecule has 0 bridgehead atoms. The number of benzene rings is 2. The smallest absolute Gasteiger partial charge is 0.265 e. The second-order valence-corrected chi connectivity index (χ2v) is 8.27. The van der Waals surface area contributed by atoms with Crippen LogP contribution < -0.4 is 14.8 Å². The summed E-state index contributed by atoms with van der Waals surface area (Å²) >= 11 is 5.82. The van der Waals surface area contributed by atoms with E-state index < -0.39 is 16.1 Å². The maximum absolute atomic E-state index is 12.4. The predicted molar refractivity (Wildman–Crippen MR) is 109 cm³/mol. The number of sulfonamides is 1. The molecule has 152 valence electrons. The number of aryl methyl sites for hydroxylation is 1. The first-order valence-electron chi connectivity index (χ1n) is 8.52. The van der Waals surface area contributed by atoms with E-state index in [0.717, 1.165) is 0 Å². The predicted octanol–water partition coefficient (Wildman–Crippen LogP) is 3.84. The molecule has 0 aliphatic heterocycles. The van der Waals surface area contributed by atoms with E-state index >= 15 is 0 Å². The summed E-state index contributed by atoms with van der Waals surface area (Å²) < 4.78 is 37.5. The number of hydrogen-bond donors (Lipinski definition) is 2. The Balaban J connectivity index is 1.62. The Morgan fingerprint density at radius 2 is 1.79 bits per heavy atom. The molecule has 1 atom stereocenters. The second-order valence-electron chi connectivity index (χ2n) is 6.16. The molecule has 3 aromatic rings. The number of carbonyl (C=O) groups excluding carboxylic acids is 1. The molecule has 29 heavy (non-hydrogen) atoms. The first-order chi connectivity index (χ1) is 13.7. The molecule has 0 aliphatic rings. The summed E-state index contributed by atoms with van der Waals surface area (Å²) in [5.74, 6) is 0.697. The summed E-state index contributed by atoms with van der Waals surface area (Å²) in [4.78, 5) is 12.3. The third-order valence-electron chi connectivity index (χ3n) is 3.79. The number of ether oxygens (including phenoxy) is 1. The standard InChI is InChI=1S/C19H18ClN3O5S/c1-12-11-18(22-28-12)23-29(25,26)17-9-5-15(6-10-17)21-19(24)13(2)27-16-7-3-14(20)4-8-16/h3-11,13H,1-2H3,(H,21,24)(H,22,23)/t13-/m0/s1. The molecule has 8 nitrogen and oxygen atoms in total. The molecule has 0 saturated heterocycles. The molecule has 1 amide bonds. The molecule has 0 fully saturated rings. The molecule has 0 spiro atoms. The van der Waals surface area contributed by atoms with Gasteiger partial charge in [-0.3, -0.25) is 9.52 Å². The second kappa shape index (κ2) is 8.54. The number of hydrogen-bond acceptors (Lipinski definition) is 6. The van der Waals surface area contributed by atoms with Crippen LogP contribution in [0.3, 0.4) is 0 Å². The highest BCUT2D eigenvalue weighted by molar-refractivity contribution is 7.92. The van der Waals surface area contributed by atoms with Crippen LogP contribution in [0, 0.1) is 6.92 Å². The van der Waals surface area contributed by atoms with Gasteiger partial charge in [-0.1, -0.05) is 16.8 Å². The molecule has 10 heteroatoms. The Kier molecular flexibility index (Phi) is 6.09. The van der Waals surface area contributed by atoms with Crippen molar-refractivity contribution in [1.29, 1.82) is 0 Å². The van der Waals surface area contributed by atoms with Crippen molar-refractivity contribution in [3.8, 4) is 5.75 Å². The van der Waals surface area contributed by atoms with Gasteiger partial charge in [-0.25, -0.2) is 8.42 Å². The minimum atomic E-state index is -3.83. The molecule has 0 unspecified atom stereocenters. The van der Waals surface area contributed by atoms with Crippen LogP contribution in [-0.4, -0.2) is 25.6 Å². The van der Waals surface area contributed by atoms with Crippen LogP contribution >= 0.6 is 11.6 Å². The lowest BCUT2D eigenvalue weighted by Gasteiger charge is -2.15. The van der Waals surface area contributed by atoms with Crippen LogP contribution in [-0.2, 0) is 14.8 Å². The number of rotatable bonds is 7. The summed E-state index contributed by atoms with van der Waals surface area (Å²) in [6.45, 7) is 3.26. The van der Waals surface area contributed by atoms with Crippen molar-refractivity contribution in [1.82, 2.24) is 5.16 Å². The van der Waals surface area contributed by atoms with Crippen molar-refractivity contribution in [3.05, 3.63) is 65.4 Å². The lowest BCUT2D eigenvalue weighted by Crippen LogP contribution is -2.30. The zero-order valence-electron chi connectivity index (χ0n) is 15.5. The summed E-state index contributed by atoms with van der Waals surface area (Å²) in [6.07, 6.45) is -0.767. The number of nitrogens with zero attached hydrogens (tertiary/aromatic N) is 1. The van der Waals surface area contributed by atoms with Crippen LogP contribution in [0.4, 0.5) is 11.5 Å². The van der Waals surface area contributed by atoms with Crippen LogP contribution in [0.1, 0.15) is 12.7 Å². The Morgan fingerprint density at radius 3 is 2.38 bits per heavy atom. The topological polar surface area (TPSA) is 111 Å². The molecule has 0 radical (unpaired) electrons. The average Bonchev–Trinajstić information content (AvgIpc) is 3.08. The van der Waals surface area contributed by atoms with Gasteiger partial charge in [0.15, 0.2) is 11.9 Å². The third-order valence-corrected chi connectivity index (χ3v) is 5.42. The van der Waals surface area contributed by atoms with Crippen LogP contribution in [0.15, 0.2) is 64.0 Å². The Hall–Kier alpha value is -3.04. The average molecular weight is 436 g/mol. The molecule has 3 rings (SSSR count). The van der Waals surface area contributed by atoms with Crippen molar-refractivity contribution < 1.29 is 22.5 Å². The van der Waals surface area contributed by atoms with Crippen molar-refractivity contribution in [2.24, 2.45) is 0 Å². The Bertz CT molecular complexity index is 1100. The number of nitrogens with one attached hydrogen (secondary N) is 2. The highest BCUT2D eigenvalue weighted by atomic mass is 35.5. The molecular weight excluding hydrogens is 418 g/mol. The van der Waals surface area contributed by atoms with Crippen molar-refractivity contribution in [2.75, 3.05) is 10.0 Å². The van der Waals surface area contributed by atoms with Crippen LogP contribution in [0.25, 0.3) is 0 Å². The molecule has 1 heterocycles. The first kappa shape index (κ1) is 20.7. The minimum Gasteiger partial charge on any atom is -0.481 e. The zero-order valence-corrected chi connectivity index (χ0v) is 17.1. The Labute approximate surface area is 172 Å². The fraction of sp³-hybridized carbons (Fsp3) is 0.158. The van der Waals surface area contributed by atoms with E-state index in [9.17, 15) is 13.2 Å². The molecule has 0 aliphatic carbocycles. The van der Waals surface area contributed by atoms with E-state index in [4.69, 9.17) is 20.9 Å². The third kappa shape index (κ3) is 5.49. The van der Waals surface area contributed by atoms with E-state index in [0.29, 0.717) is 22.2 Å². The largest absolute Gasteiger partial charge is 0.481 e. The van der Waals surface area contributed by atoms with E-state index in [-0.39, 0.29) is 16.6 Å². The quantitative estimate of drug-likeness (QED) is 0.583. The lowest BCUT2D eigenvalue weighted by molar-refractivity contribution is -0.122. The number of aromatic nitrogens is 1. The Morgan fingerprint density at radius 1 is 1.14 bits per heavy atom. The monoisotopic (exact) mass is 435 g/mol. The summed E-state index contributed by atoms with van der Waals surface area (Å²) in [6, 6.07) is 13.8. The van der Waals surface area contributed by atoms with E-state index in [1.165, 1.54) is 30.3 Å². The first-order valence-corrected chi connectivity index (χ1v) is 10.4. The van der Waals surface area contributed by atoms with Gasteiger partial charge in [0.25, 0.3) is 15.9 Å².